The number of nitrogens with zero attached hydrogens (tertiary/aromatic N) is 2. The Morgan fingerprint density at radius 2 is 1.61 bits per heavy atom. The molecule has 2 N–H and O–H groups in total. The number of rotatable bonds is 5. The van der Waals surface area contributed by atoms with Crippen LogP contribution in [0, 0.1) is 20.2 Å². The molecule has 0 atom stereocenters. The minimum absolute atomic E-state index is 0.0312. The summed E-state index contributed by atoms with van der Waals surface area (Å²) in [7, 11) is -4.78. The Hall–Kier alpha value is -3.05. The first kappa shape index (κ1) is 16.3. The fraction of sp³-hybridized carbons (Fsp3) is 0. The Morgan fingerprint density at radius 1 is 0.957 bits per heavy atom. The van der Waals surface area contributed by atoms with E-state index in [0.717, 1.165) is 12.1 Å². The van der Waals surface area contributed by atoms with Gasteiger partial charge in [-0.15, -0.1) is 0 Å². The molecule has 0 amide bonds. The third-order valence-electron chi connectivity index (χ3n) is 2.82. The van der Waals surface area contributed by atoms with Crippen LogP contribution >= 0.6 is 0 Å². The molecule has 2 aromatic rings. The first-order valence-electron chi connectivity index (χ1n) is 5.96. The molecule has 2 aromatic carbocycles. The number of hydrogen-bond acceptors (Lipinski definition) is 7. The lowest BCUT2D eigenvalue weighted by molar-refractivity contribution is -0.385. The van der Waals surface area contributed by atoms with Crippen molar-refractivity contribution < 1.29 is 22.8 Å². The van der Waals surface area contributed by atoms with Gasteiger partial charge in [-0.25, -0.2) is 0 Å². The Labute approximate surface area is 129 Å². The number of nitro benzene ring substituents is 2. The van der Waals surface area contributed by atoms with E-state index in [4.69, 9.17) is 0 Å². The van der Waals surface area contributed by atoms with Crippen LogP contribution in [0.4, 0.5) is 22.7 Å². The van der Waals surface area contributed by atoms with Crippen molar-refractivity contribution in [2.75, 3.05) is 5.32 Å². The number of para-hydroxylation sites is 2. The van der Waals surface area contributed by atoms with Crippen LogP contribution in [0.5, 0.6) is 0 Å². The van der Waals surface area contributed by atoms with Crippen LogP contribution in [-0.4, -0.2) is 22.8 Å². The minimum Gasteiger partial charge on any atom is -0.349 e. The Kier molecular flexibility index (Phi) is 4.24. The van der Waals surface area contributed by atoms with Gasteiger partial charge in [-0.2, -0.15) is 8.42 Å². The zero-order valence-electron chi connectivity index (χ0n) is 11.2. The van der Waals surface area contributed by atoms with E-state index in [1.54, 1.807) is 0 Å². The van der Waals surface area contributed by atoms with Crippen LogP contribution in [0.1, 0.15) is 0 Å². The number of hydrogen-bond donors (Lipinski definition) is 2. The largest absolute Gasteiger partial charge is 0.349 e. The molecule has 0 bridgehead atoms. The van der Waals surface area contributed by atoms with Crippen LogP contribution in [0.25, 0.3) is 0 Å². The van der Waals surface area contributed by atoms with Gasteiger partial charge in [0.2, 0.25) is 0 Å². The van der Waals surface area contributed by atoms with Gasteiger partial charge in [-0.1, -0.05) is 12.1 Å². The molecule has 10 nitrogen and oxygen atoms in total. The standard InChI is InChI=1S/C12H9N3O7S/c16-14(17)8-5-6-10(12(7-8)23(20,21)22)13-9-3-1-2-4-11(9)15(18)19/h1-7,13H,(H,20,21,22). The smallest absolute Gasteiger partial charge is 0.296 e. The summed E-state index contributed by atoms with van der Waals surface area (Å²) < 4.78 is 32.0. The van der Waals surface area contributed by atoms with Gasteiger partial charge in [0, 0.05) is 18.2 Å². The van der Waals surface area contributed by atoms with Crippen molar-refractivity contribution in [3.63, 3.8) is 0 Å². The summed E-state index contributed by atoms with van der Waals surface area (Å²) in [4.78, 5) is 19.4. The highest BCUT2D eigenvalue weighted by molar-refractivity contribution is 7.86. The van der Waals surface area contributed by atoms with Crippen molar-refractivity contribution in [1.29, 1.82) is 0 Å². The monoisotopic (exact) mass is 339 g/mol. The van der Waals surface area contributed by atoms with Gasteiger partial charge >= 0.3 is 0 Å². The molecule has 0 fully saturated rings. The van der Waals surface area contributed by atoms with Crippen LogP contribution in [-0.2, 0) is 10.1 Å². The van der Waals surface area contributed by atoms with E-state index >= 15 is 0 Å². The Morgan fingerprint density at radius 3 is 2.17 bits per heavy atom. The molecule has 0 radical (unpaired) electrons. The Bertz CT molecular complexity index is 895. The predicted octanol–water partition coefficient (Wildman–Crippen LogP) is 2.49. The third-order valence-corrected chi connectivity index (χ3v) is 3.72. The lowest BCUT2D eigenvalue weighted by Crippen LogP contribution is -2.05. The summed E-state index contributed by atoms with van der Waals surface area (Å²) >= 11 is 0. The molecule has 0 heterocycles. The van der Waals surface area contributed by atoms with Gasteiger partial charge in [0.1, 0.15) is 10.6 Å². The van der Waals surface area contributed by atoms with E-state index in [9.17, 15) is 33.2 Å². The van der Waals surface area contributed by atoms with Crippen molar-refractivity contribution in [2.45, 2.75) is 4.90 Å². The van der Waals surface area contributed by atoms with Gasteiger partial charge in [0.25, 0.3) is 21.5 Å². The number of nitrogens with one attached hydrogen (secondary N) is 1. The van der Waals surface area contributed by atoms with Crippen molar-refractivity contribution >= 4 is 32.9 Å². The first-order valence-corrected chi connectivity index (χ1v) is 7.40. The number of anilines is 2. The summed E-state index contributed by atoms with van der Waals surface area (Å²) in [6.45, 7) is 0. The molecule has 0 saturated carbocycles. The Balaban J connectivity index is 2.57. The van der Waals surface area contributed by atoms with Crippen LogP contribution in [0.15, 0.2) is 47.4 Å². The number of non-ortho nitro benzene ring substituents is 1. The van der Waals surface area contributed by atoms with Crippen molar-refractivity contribution in [2.24, 2.45) is 0 Å². The first-order chi connectivity index (χ1) is 10.7. The summed E-state index contributed by atoms with van der Waals surface area (Å²) in [5.74, 6) is 0. The molecule has 120 valence electrons. The van der Waals surface area contributed by atoms with E-state index < -0.39 is 30.5 Å². The van der Waals surface area contributed by atoms with Crippen molar-refractivity contribution in [3.05, 3.63) is 62.7 Å². The molecule has 0 aliphatic carbocycles. The summed E-state index contributed by atoms with van der Waals surface area (Å²) in [6.07, 6.45) is 0. The quantitative estimate of drug-likeness (QED) is 0.478. The van der Waals surface area contributed by atoms with E-state index in [0.29, 0.717) is 6.07 Å². The number of nitro groups is 2. The lowest BCUT2D eigenvalue weighted by atomic mass is 10.2. The molecule has 0 unspecified atom stereocenters. The molecule has 23 heavy (non-hydrogen) atoms. The second kappa shape index (κ2) is 5.98. The van der Waals surface area contributed by atoms with E-state index in [1.165, 1.54) is 24.3 Å². The molecule has 0 aliphatic heterocycles. The van der Waals surface area contributed by atoms with Crippen LogP contribution in [0.3, 0.4) is 0 Å². The normalized spacial score (nSPS) is 11.0. The molecule has 0 saturated heterocycles. The fourth-order valence-corrected chi connectivity index (χ4v) is 2.49. The van der Waals surface area contributed by atoms with Crippen molar-refractivity contribution in [3.8, 4) is 0 Å². The number of benzene rings is 2. The second-order valence-electron chi connectivity index (χ2n) is 4.31. The highest BCUT2D eigenvalue weighted by atomic mass is 32.2. The minimum atomic E-state index is -4.78. The highest BCUT2D eigenvalue weighted by Crippen LogP contribution is 2.32. The van der Waals surface area contributed by atoms with Gasteiger partial charge < -0.3 is 5.32 Å². The van der Waals surface area contributed by atoms with Gasteiger partial charge in [0.05, 0.1) is 15.5 Å². The molecule has 0 spiro atoms. The maximum atomic E-state index is 11.4. The van der Waals surface area contributed by atoms with E-state index in [2.05, 4.69) is 5.32 Å². The van der Waals surface area contributed by atoms with Crippen LogP contribution < -0.4 is 5.32 Å². The molecular formula is C12H9N3O7S. The summed E-state index contributed by atoms with van der Waals surface area (Å²) in [5.41, 5.74) is -1.14. The fourth-order valence-electron chi connectivity index (χ4n) is 1.82. The zero-order valence-corrected chi connectivity index (χ0v) is 12.1. The summed E-state index contributed by atoms with van der Waals surface area (Å²) in [6, 6.07) is 8.13. The van der Waals surface area contributed by atoms with Gasteiger partial charge in [-0.3, -0.25) is 24.8 Å². The maximum Gasteiger partial charge on any atom is 0.296 e. The van der Waals surface area contributed by atoms with Gasteiger partial charge in [0.15, 0.2) is 0 Å². The zero-order chi connectivity index (χ0) is 17.2. The van der Waals surface area contributed by atoms with E-state index in [1.807, 2.05) is 0 Å². The average molecular weight is 339 g/mol. The molecule has 0 aliphatic rings. The van der Waals surface area contributed by atoms with Crippen LogP contribution in [0.2, 0.25) is 0 Å². The lowest BCUT2D eigenvalue weighted by Gasteiger charge is -2.10. The topological polar surface area (TPSA) is 153 Å². The molecule has 2 rings (SSSR count). The molecular weight excluding hydrogens is 330 g/mol. The predicted molar refractivity (Wildman–Crippen MR) is 79.3 cm³/mol. The average Bonchev–Trinajstić information content (AvgIpc) is 2.46. The molecule has 0 aromatic heterocycles. The van der Waals surface area contributed by atoms with Gasteiger partial charge in [-0.05, 0) is 12.1 Å². The summed E-state index contributed by atoms with van der Waals surface area (Å²) in [5, 5.41) is 24.2. The van der Waals surface area contributed by atoms with E-state index in [-0.39, 0.29) is 17.1 Å². The third kappa shape index (κ3) is 3.59. The van der Waals surface area contributed by atoms with Crippen molar-refractivity contribution in [1.82, 2.24) is 0 Å². The SMILES string of the molecule is O=[N+]([O-])c1ccc(Nc2ccccc2[N+](=O)[O-])c(S(=O)(=O)O)c1. The maximum absolute atomic E-state index is 11.4. The second-order valence-corrected chi connectivity index (χ2v) is 5.70. The highest BCUT2D eigenvalue weighted by Gasteiger charge is 2.22. The molecule has 11 heteroatoms.